The normalized spacial score (nSPS) is 13.2. The van der Waals surface area contributed by atoms with Gasteiger partial charge in [0.15, 0.2) is 0 Å². The number of hydrogen-bond acceptors (Lipinski definition) is 3. The van der Waals surface area contributed by atoms with Crippen LogP contribution in [-0.2, 0) is 0 Å². The van der Waals surface area contributed by atoms with E-state index >= 15 is 0 Å². The Morgan fingerprint density at radius 2 is 2.00 bits per heavy atom. The van der Waals surface area contributed by atoms with Crippen molar-refractivity contribution in [1.82, 2.24) is 9.80 Å². The number of likely N-dealkylation sites (N-methyl/N-ethyl adjacent to an activating group) is 1. The molecular weight excluding hydrogens is 277 g/mol. The fraction of sp³-hybridized carbons (Fsp3) is 0.600. The smallest absolute Gasteiger partial charge is 0.142 e. The molecule has 1 atom stereocenters. The van der Waals surface area contributed by atoms with E-state index in [1.807, 2.05) is 6.07 Å². The maximum absolute atomic E-state index is 13.6. The third-order valence-corrected chi connectivity index (χ3v) is 3.76. The molecular formula is C15H25ClFN3. The Hall–Kier alpha value is -0.680. The SMILES string of the molecule is CCN(CCCN(C)C)C(CN)c1ccc(Cl)c(F)c1. The van der Waals surface area contributed by atoms with Crippen LogP contribution in [0.2, 0.25) is 5.02 Å². The van der Waals surface area contributed by atoms with Gasteiger partial charge in [0, 0.05) is 19.1 Å². The fourth-order valence-corrected chi connectivity index (χ4v) is 2.46. The van der Waals surface area contributed by atoms with E-state index in [0.717, 1.165) is 31.6 Å². The molecule has 0 aliphatic rings. The first kappa shape index (κ1) is 17.4. The summed E-state index contributed by atoms with van der Waals surface area (Å²) >= 11 is 5.74. The fourth-order valence-electron chi connectivity index (χ4n) is 2.34. The van der Waals surface area contributed by atoms with Crippen molar-refractivity contribution in [3.8, 4) is 0 Å². The quantitative estimate of drug-likeness (QED) is 0.801. The molecule has 0 bridgehead atoms. The minimum atomic E-state index is -0.382. The van der Waals surface area contributed by atoms with E-state index in [2.05, 4.69) is 30.8 Å². The zero-order valence-corrected chi connectivity index (χ0v) is 13.3. The van der Waals surface area contributed by atoms with Crippen LogP contribution in [0, 0.1) is 5.82 Å². The zero-order chi connectivity index (χ0) is 15.1. The van der Waals surface area contributed by atoms with Crippen molar-refractivity contribution < 1.29 is 4.39 Å². The van der Waals surface area contributed by atoms with Crippen molar-refractivity contribution >= 4 is 11.6 Å². The molecule has 3 nitrogen and oxygen atoms in total. The summed E-state index contributed by atoms with van der Waals surface area (Å²) < 4.78 is 13.6. The van der Waals surface area contributed by atoms with Crippen molar-refractivity contribution in [1.29, 1.82) is 0 Å². The monoisotopic (exact) mass is 301 g/mol. The van der Waals surface area contributed by atoms with Gasteiger partial charge in [-0.1, -0.05) is 24.6 Å². The lowest BCUT2D eigenvalue weighted by Crippen LogP contribution is -2.35. The number of nitrogens with two attached hydrogens (primary N) is 1. The molecule has 1 unspecified atom stereocenters. The summed E-state index contributed by atoms with van der Waals surface area (Å²) in [5, 5.41) is 0.153. The molecule has 0 radical (unpaired) electrons. The summed E-state index contributed by atoms with van der Waals surface area (Å²) in [5.74, 6) is -0.382. The van der Waals surface area contributed by atoms with Crippen LogP contribution in [0.5, 0.6) is 0 Å². The first-order valence-corrected chi connectivity index (χ1v) is 7.41. The molecule has 0 saturated heterocycles. The second-order valence-corrected chi connectivity index (χ2v) is 5.62. The number of nitrogens with zero attached hydrogens (tertiary/aromatic N) is 2. The maximum Gasteiger partial charge on any atom is 0.142 e. The number of halogens is 2. The van der Waals surface area contributed by atoms with Crippen molar-refractivity contribution in [3.63, 3.8) is 0 Å². The zero-order valence-electron chi connectivity index (χ0n) is 12.6. The van der Waals surface area contributed by atoms with Crippen LogP contribution in [0.4, 0.5) is 4.39 Å². The number of hydrogen-bond donors (Lipinski definition) is 1. The highest BCUT2D eigenvalue weighted by atomic mass is 35.5. The Bertz CT molecular complexity index is 412. The predicted molar refractivity (Wildman–Crippen MR) is 83.6 cm³/mol. The van der Waals surface area contributed by atoms with Crippen LogP contribution in [-0.4, -0.2) is 50.1 Å². The number of benzene rings is 1. The predicted octanol–water partition coefficient (Wildman–Crippen LogP) is 2.75. The highest BCUT2D eigenvalue weighted by Crippen LogP contribution is 2.24. The van der Waals surface area contributed by atoms with E-state index in [4.69, 9.17) is 17.3 Å². The Morgan fingerprint density at radius 3 is 2.50 bits per heavy atom. The van der Waals surface area contributed by atoms with Crippen LogP contribution >= 0.6 is 11.6 Å². The second-order valence-electron chi connectivity index (χ2n) is 5.21. The van der Waals surface area contributed by atoms with Gasteiger partial charge in [-0.3, -0.25) is 4.90 Å². The lowest BCUT2D eigenvalue weighted by atomic mass is 10.0. The molecule has 0 aliphatic carbocycles. The molecule has 0 amide bonds. The van der Waals surface area contributed by atoms with Crippen LogP contribution in [0.1, 0.15) is 24.9 Å². The minimum Gasteiger partial charge on any atom is -0.329 e. The van der Waals surface area contributed by atoms with E-state index in [-0.39, 0.29) is 16.9 Å². The van der Waals surface area contributed by atoms with Crippen LogP contribution in [0.3, 0.4) is 0 Å². The first-order valence-electron chi connectivity index (χ1n) is 7.03. The van der Waals surface area contributed by atoms with Gasteiger partial charge in [0.2, 0.25) is 0 Å². The summed E-state index contributed by atoms with van der Waals surface area (Å²) in [4.78, 5) is 4.44. The molecule has 114 valence electrons. The van der Waals surface area contributed by atoms with Gasteiger partial charge in [-0.05, 0) is 51.3 Å². The van der Waals surface area contributed by atoms with E-state index in [0.29, 0.717) is 6.54 Å². The molecule has 0 aliphatic heterocycles. The van der Waals surface area contributed by atoms with Crippen LogP contribution < -0.4 is 5.73 Å². The van der Waals surface area contributed by atoms with Crippen molar-refractivity contribution in [3.05, 3.63) is 34.6 Å². The molecule has 20 heavy (non-hydrogen) atoms. The van der Waals surface area contributed by atoms with Gasteiger partial charge in [0.1, 0.15) is 5.82 Å². The van der Waals surface area contributed by atoms with Gasteiger partial charge >= 0.3 is 0 Å². The molecule has 0 fully saturated rings. The molecule has 1 aromatic carbocycles. The molecule has 1 aromatic rings. The third-order valence-electron chi connectivity index (χ3n) is 3.45. The van der Waals surface area contributed by atoms with Crippen molar-refractivity contribution in [2.75, 3.05) is 40.3 Å². The average Bonchev–Trinajstić information content (AvgIpc) is 2.41. The minimum absolute atomic E-state index is 0.0360. The Morgan fingerprint density at radius 1 is 1.30 bits per heavy atom. The Balaban J connectivity index is 2.77. The van der Waals surface area contributed by atoms with Gasteiger partial charge in [0.05, 0.1) is 5.02 Å². The van der Waals surface area contributed by atoms with E-state index in [1.54, 1.807) is 6.07 Å². The summed E-state index contributed by atoms with van der Waals surface area (Å²) in [6.07, 6.45) is 1.06. The van der Waals surface area contributed by atoms with Crippen molar-refractivity contribution in [2.24, 2.45) is 5.73 Å². The lowest BCUT2D eigenvalue weighted by Gasteiger charge is -2.30. The average molecular weight is 302 g/mol. The van der Waals surface area contributed by atoms with Gasteiger partial charge < -0.3 is 10.6 Å². The van der Waals surface area contributed by atoms with Crippen molar-refractivity contribution in [2.45, 2.75) is 19.4 Å². The molecule has 0 spiro atoms. The van der Waals surface area contributed by atoms with Gasteiger partial charge in [-0.2, -0.15) is 0 Å². The maximum atomic E-state index is 13.6. The molecule has 0 aromatic heterocycles. The second kappa shape index (κ2) is 8.57. The van der Waals surface area contributed by atoms with Crippen LogP contribution in [0.15, 0.2) is 18.2 Å². The molecule has 1 rings (SSSR count). The summed E-state index contributed by atoms with van der Waals surface area (Å²) in [5.41, 5.74) is 6.78. The molecule has 0 saturated carbocycles. The largest absolute Gasteiger partial charge is 0.329 e. The third kappa shape index (κ3) is 5.02. The van der Waals surface area contributed by atoms with E-state index < -0.39 is 0 Å². The summed E-state index contributed by atoms with van der Waals surface area (Å²) in [7, 11) is 4.12. The van der Waals surface area contributed by atoms with E-state index in [9.17, 15) is 4.39 Å². The lowest BCUT2D eigenvalue weighted by molar-refractivity contribution is 0.201. The molecule has 0 heterocycles. The van der Waals surface area contributed by atoms with Crippen LogP contribution in [0.25, 0.3) is 0 Å². The number of rotatable bonds is 8. The van der Waals surface area contributed by atoms with E-state index in [1.165, 1.54) is 6.07 Å². The standard InChI is InChI=1S/C15H25ClFN3/c1-4-20(9-5-8-19(2)3)15(11-18)12-6-7-13(16)14(17)10-12/h6-7,10,15H,4-5,8-9,11,18H2,1-3H3. The molecule has 2 N–H and O–H groups in total. The molecule has 5 heteroatoms. The van der Waals surface area contributed by atoms with Gasteiger partial charge in [-0.25, -0.2) is 4.39 Å². The summed E-state index contributed by atoms with van der Waals surface area (Å²) in [6, 6.07) is 4.99. The highest BCUT2D eigenvalue weighted by molar-refractivity contribution is 6.30. The van der Waals surface area contributed by atoms with Gasteiger partial charge in [-0.15, -0.1) is 0 Å². The van der Waals surface area contributed by atoms with Gasteiger partial charge in [0.25, 0.3) is 0 Å². The Kier molecular flexibility index (Phi) is 7.45. The highest BCUT2D eigenvalue weighted by Gasteiger charge is 2.18. The summed E-state index contributed by atoms with van der Waals surface area (Å²) in [6.45, 7) is 5.44. The Labute approximate surface area is 126 Å². The first-order chi connectivity index (χ1) is 9.49. The topological polar surface area (TPSA) is 32.5 Å².